The molecule has 0 saturated carbocycles. The lowest BCUT2D eigenvalue weighted by Gasteiger charge is -1.86. The van der Waals surface area contributed by atoms with E-state index in [9.17, 15) is 0 Å². The quantitative estimate of drug-likeness (QED) is 0.559. The first kappa shape index (κ1) is 7.80. The maximum atomic E-state index is 3.66. The lowest BCUT2D eigenvalue weighted by molar-refractivity contribution is 1.51. The summed E-state index contributed by atoms with van der Waals surface area (Å²) < 4.78 is 0. The number of hydrogen-bond acceptors (Lipinski definition) is 0. The van der Waals surface area contributed by atoms with E-state index < -0.39 is 0 Å². The van der Waals surface area contributed by atoms with Crippen LogP contribution in [0.4, 0.5) is 0 Å². The first-order valence-corrected chi connectivity index (χ1v) is 3.72. The summed E-state index contributed by atoms with van der Waals surface area (Å²) in [6, 6.07) is 8.24. The summed E-state index contributed by atoms with van der Waals surface area (Å²) in [6.45, 7) is 5.70. The summed E-state index contributed by atoms with van der Waals surface area (Å²) in [5.74, 6) is 0. The van der Waals surface area contributed by atoms with Gasteiger partial charge in [0.1, 0.15) is 0 Å². The van der Waals surface area contributed by atoms with Gasteiger partial charge in [-0.2, -0.15) is 0 Å². The van der Waals surface area contributed by atoms with Gasteiger partial charge in [0, 0.05) is 0 Å². The molecule has 0 heterocycles. The fourth-order valence-corrected chi connectivity index (χ4v) is 1.05. The maximum absolute atomic E-state index is 3.66. The highest BCUT2D eigenvalue weighted by Gasteiger charge is 1.78. The van der Waals surface area contributed by atoms with E-state index in [1.165, 1.54) is 10.4 Å². The van der Waals surface area contributed by atoms with Crippen LogP contribution in [0.1, 0.15) is 6.92 Å². The van der Waals surface area contributed by atoms with Crippen molar-refractivity contribution in [3.05, 3.63) is 47.4 Å². The summed E-state index contributed by atoms with van der Waals surface area (Å²) >= 11 is 0. The van der Waals surface area contributed by atoms with Gasteiger partial charge in [-0.3, -0.25) is 0 Å². The standard InChI is InChI=1S/C11H12/c1-3-7-11-9-6-5-8-10(11)4-2/h3-9H,1H2,2H3/b10-4+,11-7-. The molecule has 11 heavy (non-hydrogen) atoms. The van der Waals surface area contributed by atoms with E-state index in [0.717, 1.165) is 0 Å². The zero-order valence-corrected chi connectivity index (χ0v) is 6.75. The third kappa shape index (κ3) is 1.81. The molecular formula is C11H12. The van der Waals surface area contributed by atoms with Crippen molar-refractivity contribution in [3.8, 4) is 0 Å². The molecule has 0 bridgehead atoms. The van der Waals surface area contributed by atoms with E-state index in [4.69, 9.17) is 0 Å². The molecule has 0 aliphatic rings. The van der Waals surface area contributed by atoms with Crippen molar-refractivity contribution in [2.75, 3.05) is 0 Å². The van der Waals surface area contributed by atoms with Crippen molar-refractivity contribution in [1.29, 1.82) is 0 Å². The predicted octanol–water partition coefficient (Wildman–Crippen LogP) is 1.45. The molecule has 0 heteroatoms. The second kappa shape index (κ2) is 3.77. The molecule has 0 radical (unpaired) electrons. The van der Waals surface area contributed by atoms with Gasteiger partial charge in [-0.05, 0) is 17.4 Å². The van der Waals surface area contributed by atoms with Crippen molar-refractivity contribution in [2.45, 2.75) is 6.92 Å². The van der Waals surface area contributed by atoms with Gasteiger partial charge < -0.3 is 0 Å². The minimum atomic E-state index is 1.23. The molecule has 0 aliphatic carbocycles. The van der Waals surface area contributed by atoms with Gasteiger partial charge in [-0.15, -0.1) is 0 Å². The third-order valence-corrected chi connectivity index (χ3v) is 1.60. The highest BCUT2D eigenvalue weighted by Crippen LogP contribution is 1.72. The highest BCUT2D eigenvalue weighted by atomic mass is 13.8. The van der Waals surface area contributed by atoms with Gasteiger partial charge in [0.25, 0.3) is 0 Å². The smallest absolute Gasteiger partial charge is 0.0188 e. The first-order chi connectivity index (χ1) is 5.38. The van der Waals surface area contributed by atoms with Crippen LogP contribution in [0, 0.1) is 0 Å². The van der Waals surface area contributed by atoms with Gasteiger partial charge >= 0.3 is 0 Å². The van der Waals surface area contributed by atoms with Crippen molar-refractivity contribution >= 4 is 12.2 Å². The van der Waals surface area contributed by atoms with Crippen LogP contribution in [0.3, 0.4) is 0 Å². The van der Waals surface area contributed by atoms with Crippen LogP contribution in [0.15, 0.2) is 36.9 Å². The van der Waals surface area contributed by atoms with Crippen molar-refractivity contribution in [1.82, 2.24) is 0 Å². The SMILES string of the molecule is C=C/C=c1/cccc/c1=C\C. The van der Waals surface area contributed by atoms with E-state index in [1.807, 2.05) is 31.2 Å². The van der Waals surface area contributed by atoms with E-state index in [0.29, 0.717) is 0 Å². The average Bonchev–Trinajstić information content (AvgIpc) is 2.06. The van der Waals surface area contributed by atoms with Crippen molar-refractivity contribution in [3.63, 3.8) is 0 Å². The zero-order chi connectivity index (χ0) is 8.10. The van der Waals surface area contributed by atoms with Gasteiger partial charge in [0.15, 0.2) is 0 Å². The summed E-state index contributed by atoms with van der Waals surface area (Å²) in [7, 11) is 0. The molecule has 1 rings (SSSR count). The summed E-state index contributed by atoms with van der Waals surface area (Å²) in [4.78, 5) is 0. The Hall–Kier alpha value is -1.30. The average molecular weight is 144 g/mol. The molecular weight excluding hydrogens is 132 g/mol. The molecule has 1 aromatic rings. The predicted molar refractivity (Wildman–Crippen MR) is 50.5 cm³/mol. The summed E-state index contributed by atoms with van der Waals surface area (Å²) in [6.07, 6.45) is 5.91. The molecule has 0 amide bonds. The first-order valence-electron chi connectivity index (χ1n) is 3.72. The molecule has 56 valence electrons. The molecule has 0 atom stereocenters. The second-order valence-electron chi connectivity index (χ2n) is 2.32. The number of hydrogen-bond donors (Lipinski definition) is 0. The normalized spacial score (nSPS) is 13.5. The van der Waals surface area contributed by atoms with Crippen LogP contribution < -0.4 is 10.4 Å². The van der Waals surface area contributed by atoms with Crippen LogP contribution in [-0.4, -0.2) is 0 Å². The Morgan fingerprint density at radius 1 is 1.18 bits per heavy atom. The molecule has 0 aromatic heterocycles. The third-order valence-electron chi connectivity index (χ3n) is 1.60. The van der Waals surface area contributed by atoms with Gasteiger partial charge in [0.2, 0.25) is 0 Å². The van der Waals surface area contributed by atoms with Gasteiger partial charge in [-0.25, -0.2) is 0 Å². The minimum Gasteiger partial charge on any atom is -0.0990 e. The van der Waals surface area contributed by atoms with Crippen LogP contribution in [0.2, 0.25) is 0 Å². The Kier molecular flexibility index (Phi) is 2.67. The summed E-state index contributed by atoms with van der Waals surface area (Å²) in [5, 5.41) is 2.48. The Balaban J connectivity index is 3.48. The summed E-state index contributed by atoms with van der Waals surface area (Å²) in [5.41, 5.74) is 0. The van der Waals surface area contributed by atoms with Crippen LogP contribution >= 0.6 is 0 Å². The number of benzene rings is 1. The van der Waals surface area contributed by atoms with Crippen molar-refractivity contribution < 1.29 is 0 Å². The largest absolute Gasteiger partial charge is 0.0990 e. The van der Waals surface area contributed by atoms with E-state index in [-0.39, 0.29) is 0 Å². The molecule has 0 unspecified atom stereocenters. The van der Waals surface area contributed by atoms with Crippen LogP contribution in [0.25, 0.3) is 12.2 Å². The molecule has 0 spiro atoms. The second-order valence-corrected chi connectivity index (χ2v) is 2.32. The van der Waals surface area contributed by atoms with Crippen molar-refractivity contribution in [2.24, 2.45) is 0 Å². The number of allylic oxidation sites excluding steroid dienone is 1. The van der Waals surface area contributed by atoms with E-state index in [2.05, 4.69) is 24.8 Å². The molecule has 1 aromatic carbocycles. The lowest BCUT2D eigenvalue weighted by atomic mass is 10.2. The molecule has 0 nitrogen and oxygen atoms in total. The molecule has 0 saturated heterocycles. The van der Waals surface area contributed by atoms with Gasteiger partial charge in [0.05, 0.1) is 0 Å². The Labute approximate surface area is 67.2 Å². The Morgan fingerprint density at radius 2 is 1.82 bits per heavy atom. The highest BCUT2D eigenvalue weighted by molar-refractivity contribution is 5.37. The molecule has 0 N–H and O–H groups in total. The minimum absolute atomic E-state index is 1.23. The number of rotatable bonds is 1. The maximum Gasteiger partial charge on any atom is -0.0188 e. The van der Waals surface area contributed by atoms with Gasteiger partial charge in [-0.1, -0.05) is 49.1 Å². The zero-order valence-electron chi connectivity index (χ0n) is 6.75. The van der Waals surface area contributed by atoms with Crippen LogP contribution in [-0.2, 0) is 0 Å². The van der Waals surface area contributed by atoms with E-state index >= 15 is 0 Å². The fourth-order valence-electron chi connectivity index (χ4n) is 1.05. The fraction of sp³-hybridized carbons (Fsp3) is 0.0909. The van der Waals surface area contributed by atoms with E-state index in [1.54, 1.807) is 0 Å². The van der Waals surface area contributed by atoms with Crippen LogP contribution in [0.5, 0.6) is 0 Å². The molecule has 0 fully saturated rings. The molecule has 0 aliphatic heterocycles. The Morgan fingerprint density at radius 3 is 2.36 bits per heavy atom. The monoisotopic (exact) mass is 144 g/mol. The lowest BCUT2D eigenvalue weighted by Crippen LogP contribution is -2.22. The topological polar surface area (TPSA) is 0 Å². The Bertz CT molecular complexity index is 345.